The molecule has 0 unspecified atom stereocenters. The Kier molecular flexibility index (Phi) is 7.13. The van der Waals surface area contributed by atoms with Crippen LogP contribution in [0.3, 0.4) is 0 Å². The maximum atomic E-state index is 5.56. The quantitative estimate of drug-likeness (QED) is 0.489. The molecular weight excluding hydrogens is 220 g/mol. The molecule has 0 heterocycles. The molecule has 0 bridgehead atoms. The number of benzene rings is 1. The van der Waals surface area contributed by atoms with Gasteiger partial charge in [-0.25, -0.2) is 0 Å². The zero-order valence-corrected chi connectivity index (χ0v) is 9.93. The molecule has 0 saturated carbocycles. The van der Waals surface area contributed by atoms with Gasteiger partial charge in [-0.3, -0.25) is 0 Å². The summed E-state index contributed by atoms with van der Waals surface area (Å²) in [5, 5.41) is 0. The van der Waals surface area contributed by atoms with E-state index in [0.29, 0.717) is 39.6 Å². The van der Waals surface area contributed by atoms with Gasteiger partial charge in [-0.2, -0.15) is 0 Å². The van der Waals surface area contributed by atoms with Gasteiger partial charge in [0.05, 0.1) is 26.4 Å². The molecule has 0 atom stereocenters. The lowest BCUT2D eigenvalue weighted by molar-refractivity contribution is 0.0388. The first-order chi connectivity index (χ1) is 8.33. The summed E-state index contributed by atoms with van der Waals surface area (Å²) in [5.41, 5.74) is 11.6. The standard InChI is InChI=1S/C12H20N2O3/c13-5-6-15-7-8-16-9-10-17-12-3-1-11(14)2-4-12/h1-4H,5-10,13-14H2. The Balaban J connectivity index is 1.95. The molecule has 4 N–H and O–H groups in total. The molecule has 0 saturated heterocycles. The van der Waals surface area contributed by atoms with Crippen LogP contribution < -0.4 is 16.2 Å². The van der Waals surface area contributed by atoms with E-state index in [1.807, 2.05) is 12.1 Å². The van der Waals surface area contributed by atoms with Crippen molar-refractivity contribution in [2.24, 2.45) is 5.73 Å². The van der Waals surface area contributed by atoms with Crippen LogP contribution in [0.15, 0.2) is 24.3 Å². The third-order valence-electron chi connectivity index (χ3n) is 2.01. The molecule has 0 fully saturated rings. The fraction of sp³-hybridized carbons (Fsp3) is 0.500. The first-order valence-electron chi connectivity index (χ1n) is 5.67. The van der Waals surface area contributed by atoms with Crippen molar-refractivity contribution in [2.75, 3.05) is 45.3 Å². The lowest BCUT2D eigenvalue weighted by atomic mass is 10.3. The van der Waals surface area contributed by atoms with Crippen LogP contribution in [0, 0.1) is 0 Å². The van der Waals surface area contributed by atoms with E-state index in [1.165, 1.54) is 0 Å². The van der Waals surface area contributed by atoms with E-state index in [4.69, 9.17) is 25.7 Å². The minimum absolute atomic E-state index is 0.515. The molecule has 0 aliphatic carbocycles. The number of hydrogen-bond acceptors (Lipinski definition) is 5. The van der Waals surface area contributed by atoms with Crippen LogP contribution in [0.2, 0.25) is 0 Å². The number of hydrogen-bond donors (Lipinski definition) is 2. The molecule has 17 heavy (non-hydrogen) atoms. The van der Waals surface area contributed by atoms with Gasteiger partial charge in [0.2, 0.25) is 0 Å². The molecule has 0 aliphatic heterocycles. The normalized spacial score (nSPS) is 10.4. The van der Waals surface area contributed by atoms with Gasteiger partial charge in [0.1, 0.15) is 12.4 Å². The second kappa shape index (κ2) is 8.81. The van der Waals surface area contributed by atoms with Crippen molar-refractivity contribution in [1.82, 2.24) is 0 Å². The number of nitrogens with two attached hydrogens (primary N) is 2. The number of rotatable bonds is 9. The first kappa shape index (κ1) is 13.8. The molecule has 5 heteroatoms. The van der Waals surface area contributed by atoms with Gasteiger partial charge >= 0.3 is 0 Å². The van der Waals surface area contributed by atoms with E-state index in [-0.39, 0.29) is 0 Å². The number of ether oxygens (including phenoxy) is 3. The van der Waals surface area contributed by atoms with Gasteiger partial charge in [0.15, 0.2) is 0 Å². The summed E-state index contributed by atoms with van der Waals surface area (Å²) in [6.07, 6.45) is 0. The molecule has 0 aromatic heterocycles. The van der Waals surface area contributed by atoms with Crippen molar-refractivity contribution < 1.29 is 14.2 Å². The van der Waals surface area contributed by atoms with Crippen molar-refractivity contribution in [2.45, 2.75) is 0 Å². The van der Waals surface area contributed by atoms with E-state index in [9.17, 15) is 0 Å². The Morgan fingerprint density at radius 2 is 1.41 bits per heavy atom. The van der Waals surface area contributed by atoms with Gasteiger partial charge in [0, 0.05) is 12.2 Å². The molecule has 0 spiro atoms. The molecular formula is C12H20N2O3. The van der Waals surface area contributed by atoms with Crippen molar-refractivity contribution in [3.05, 3.63) is 24.3 Å². The van der Waals surface area contributed by atoms with Crippen molar-refractivity contribution in [3.8, 4) is 5.75 Å². The highest BCUT2D eigenvalue weighted by atomic mass is 16.5. The molecule has 0 aliphatic rings. The second-order valence-corrected chi connectivity index (χ2v) is 3.43. The molecule has 1 rings (SSSR count). The lowest BCUT2D eigenvalue weighted by Crippen LogP contribution is -2.14. The van der Waals surface area contributed by atoms with E-state index in [0.717, 1.165) is 11.4 Å². The summed E-state index contributed by atoms with van der Waals surface area (Å²) in [6.45, 7) is 3.30. The summed E-state index contributed by atoms with van der Waals surface area (Å²) in [5.74, 6) is 0.794. The summed E-state index contributed by atoms with van der Waals surface area (Å²) >= 11 is 0. The highest BCUT2D eigenvalue weighted by Crippen LogP contribution is 2.12. The van der Waals surface area contributed by atoms with Crippen LogP contribution in [0.5, 0.6) is 5.75 Å². The predicted octanol–water partition coefficient (Wildman–Crippen LogP) is 0.640. The maximum absolute atomic E-state index is 5.56. The zero-order chi connectivity index (χ0) is 12.3. The van der Waals surface area contributed by atoms with Crippen molar-refractivity contribution in [1.29, 1.82) is 0 Å². The Morgan fingerprint density at radius 3 is 2.06 bits per heavy atom. The highest BCUT2D eigenvalue weighted by Gasteiger charge is 1.94. The Labute approximate surface area is 102 Å². The van der Waals surface area contributed by atoms with Crippen LogP contribution in [0.1, 0.15) is 0 Å². The number of anilines is 1. The van der Waals surface area contributed by atoms with Crippen LogP contribution in [-0.2, 0) is 9.47 Å². The van der Waals surface area contributed by atoms with Gasteiger partial charge in [-0.1, -0.05) is 0 Å². The highest BCUT2D eigenvalue weighted by molar-refractivity contribution is 5.41. The summed E-state index contributed by atoms with van der Waals surface area (Å²) in [4.78, 5) is 0. The van der Waals surface area contributed by atoms with Gasteiger partial charge < -0.3 is 25.7 Å². The topological polar surface area (TPSA) is 79.7 Å². The number of nitrogen functional groups attached to an aromatic ring is 1. The van der Waals surface area contributed by atoms with E-state index in [1.54, 1.807) is 12.1 Å². The van der Waals surface area contributed by atoms with Gasteiger partial charge in [-0.15, -0.1) is 0 Å². The van der Waals surface area contributed by atoms with Crippen molar-refractivity contribution in [3.63, 3.8) is 0 Å². The summed E-state index contributed by atoms with van der Waals surface area (Å²) in [7, 11) is 0. The monoisotopic (exact) mass is 240 g/mol. The molecule has 0 radical (unpaired) electrons. The SMILES string of the molecule is NCCOCCOCCOc1ccc(N)cc1. The average Bonchev–Trinajstić information content (AvgIpc) is 2.35. The van der Waals surface area contributed by atoms with Crippen LogP contribution in [-0.4, -0.2) is 39.6 Å². The molecule has 5 nitrogen and oxygen atoms in total. The van der Waals surface area contributed by atoms with E-state index >= 15 is 0 Å². The summed E-state index contributed by atoms with van der Waals surface area (Å²) in [6, 6.07) is 7.27. The van der Waals surface area contributed by atoms with Crippen molar-refractivity contribution >= 4 is 5.69 Å². The van der Waals surface area contributed by atoms with Gasteiger partial charge in [-0.05, 0) is 24.3 Å². The maximum Gasteiger partial charge on any atom is 0.119 e. The predicted molar refractivity (Wildman–Crippen MR) is 67.0 cm³/mol. The zero-order valence-electron chi connectivity index (χ0n) is 9.93. The second-order valence-electron chi connectivity index (χ2n) is 3.43. The smallest absolute Gasteiger partial charge is 0.119 e. The van der Waals surface area contributed by atoms with E-state index in [2.05, 4.69) is 0 Å². The molecule has 1 aromatic rings. The average molecular weight is 240 g/mol. The molecule has 1 aromatic carbocycles. The minimum atomic E-state index is 0.515. The molecule has 96 valence electrons. The Hall–Kier alpha value is -1.30. The van der Waals surface area contributed by atoms with Crippen LogP contribution >= 0.6 is 0 Å². The summed E-state index contributed by atoms with van der Waals surface area (Å²) < 4.78 is 15.9. The first-order valence-corrected chi connectivity index (χ1v) is 5.67. The third-order valence-corrected chi connectivity index (χ3v) is 2.01. The molecule has 0 amide bonds. The van der Waals surface area contributed by atoms with Gasteiger partial charge in [0.25, 0.3) is 0 Å². The fourth-order valence-electron chi connectivity index (χ4n) is 1.19. The Bertz CT molecular complexity index is 290. The lowest BCUT2D eigenvalue weighted by Gasteiger charge is -2.07. The fourth-order valence-corrected chi connectivity index (χ4v) is 1.19. The largest absolute Gasteiger partial charge is 0.491 e. The minimum Gasteiger partial charge on any atom is -0.491 e. The van der Waals surface area contributed by atoms with Crippen LogP contribution in [0.25, 0.3) is 0 Å². The van der Waals surface area contributed by atoms with E-state index < -0.39 is 0 Å². The third kappa shape index (κ3) is 6.78. The van der Waals surface area contributed by atoms with Crippen LogP contribution in [0.4, 0.5) is 5.69 Å². The Morgan fingerprint density at radius 1 is 0.824 bits per heavy atom.